The summed E-state index contributed by atoms with van der Waals surface area (Å²) in [6, 6.07) is 43.2. The van der Waals surface area contributed by atoms with Gasteiger partial charge in [0.1, 0.15) is 11.5 Å². The van der Waals surface area contributed by atoms with Crippen molar-refractivity contribution >= 4 is 24.8 Å². The van der Waals surface area contributed by atoms with E-state index in [4.69, 9.17) is 22.7 Å². The van der Waals surface area contributed by atoms with Crippen molar-refractivity contribution in [1.29, 1.82) is 0 Å². The summed E-state index contributed by atoms with van der Waals surface area (Å²) < 4.78 is 43.3. The molecule has 0 aliphatic carbocycles. The van der Waals surface area contributed by atoms with E-state index in [1.165, 1.54) is 55.7 Å². The summed E-state index contributed by atoms with van der Waals surface area (Å²) in [5, 5.41) is 1.85. The van der Waals surface area contributed by atoms with Gasteiger partial charge >= 0.3 is 13.6 Å². The van der Waals surface area contributed by atoms with Crippen LogP contribution in [0.1, 0.15) is 79.1 Å². The largest absolute Gasteiger partial charge is 0.832 e. The summed E-state index contributed by atoms with van der Waals surface area (Å²) in [7, 11) is 0. The minimum absolute atomic E-state index is 0.218. The Kier molecular flexibility index (Phi) is 6.75. The third-order valence-corrected chi connectivity index (χ3v) is 16.9. The van der Waals surface area contributed by atoms with E-state index < -0.39 is 13.6 Å². The molecule has 9 aliphatic heterocycles. The first-order chi connectivity index (χ1) is 34.6. The van der Waals surface area contributed by atoms with Crippen LogP contribution in [0, 0.1) is 52.0 Å². The van der Waals surface area contributed by atoms with Gasteiger partial charge in [-0.05, 0) is 160 Å². The van der Waals surface area contributed by atoms with Crippen LogP contribution in [0.15, 0.2) is 166 Å². The maximum Gasteiger partial charge on any atom is 0.832 e. The van der Waals surface area contributed by atoms with Gasteiger partial charge in [-0.25, -0.2) is 0 Å². The van der Waals surface area contributed by atoms with Crippen LogP contribution in [-0.2, 0) is 0 Å². The molecule has 6 bridgehead atoms. The predicted octanol–water partition coefficient (Wildman–Crippen LogP) is 11.2. The maximum absolute atomic E-state index is 7.91. The molecule has 4 atom stereocenters. The Morgan fingerprint density at radius 3 is 1.31 bits per heavy atom. The van der Waals surface area contributed by atoms with Gasteiger partial charge in [-0.3, -0.25) is 0 Å². The maximum atomic E-state index is 7.91. The van der Waals surface area contributed by atoms with Crippen molar-refractivity contribution in [3.63, 3.8) is 0 Å². The molecule has 0 fully saturated rings. The van der Waals surface area contributed by atoms with Crippen molar-refractivity contribution in [2.24, 2.45) is 0 Å². The molecule has 0 saturated heterocycles. The van der Waals surface area contributed by atoms with E-state index in [2.05, 4.69) is 194 Å². The molecule has 0 N–H and O–H groups in total. The lowest BCUT2D eigenvalue weighted by molar-refractivity contribution is 0.335. The summed E-state index contributed by atoms with van der Waals surface area (Å²) in [6.45, 7) is 8.19. The Bertz CT molecular complexity index is 4030. The Balaban J connectivity index is 1.04. The molecule has 9 nitrogen and oxygen atoms in total. The lowest BCUT2D eigenvalue weighted by Gasteiger charge is -2.50. The molecule has 0 saturated carbocycles. The Morgan fingerprint density at radius 1 is 0.465 bits per heavy atom. The molecular weight excluding hydrogens is 878 g/mol. The zero-order chi connectivity index (χ0) is 47.1. The van der Waals surface area contributed by atoms with Crippen LogP contribution < -0.4 is 24.9 Å². The van der Waals surface area contributed by atoms with Gasteiger partial charge in [0.25, 0.3) is 10.9 Å². The van der Waals surface area contributed by atoms with E-state index in [9.17, 15) is 0 Å². The minimum Gasteiger partial charge on any atom is -0.588 e. The van der Waals surface area contributed by atoms with Gasteiger partial charge in [0, 0.05) is 56.4 Å². The van der Waals surface area contributed by atoms with Gasteiger partial charge in [0.2, 0.25) is 0 Å². The normalized spacial score (nSPS) is 22.6. The molecule has 2 aromatic heterocycles. The summed E-state index contributed by atoms with van der Waals surface area (Å²) in [5.74, 6) is 2.34. The van der Waals surface area contributed by atoms with Crippen LogP contribution in [0.4, 0.5) is 0 Å². The molecular formula is C60H44B2N4O5. The van der Waals surface area contributed by atoms with Gasteiger partial charge in [-0.15, -0.1) is 0 Å². The number of allylic oxidation sites excluding steroid dienone is 2. The average Bonchev–Trinajstić information content (AvgIpc) is 4.22. The summed E-state index contributed by atoms with van der Waals surface area (Å²) in [4.78, 5) is 4.82. The SMILES string of the molecule is Cc1cc(C)c(C2=C3C=CC4c5cccc6c5=[O+][B-]5(Oc7c(cccc7-c7ccc2n75)Oc2cccc5c2O[B-]27[O+]=c8c(cccc8=6)C6C=CC(=C(c8c(C)cc(C)cc8C)c8ccc-5n82)N67)N34)c(C)c1. The van der Waals surface area contributed by atoms with Crippen LogP contribution >= 0.6 is 0 Å². The van der Waals surface area contributed by atoms with Gasteiger partial charge in [-0.1, -0.05) is 71.8 Å². The third kappa shape index (κ3) is 4.37. The topological polar surface area (TPSA) is 66.6 Å². The molecule has 11 heterocycles. The van der Waals surface area contributed by atoms with Gasteiger partial charge in [-0.2, -0.15) is 0 Å². The number of aryl methyl sites for hydroxylation is 6. The van der Waals surface area contributed by atoms with E-state index in [-0.39, 0.29) is 12.1 Å². The number of hydrogen-bond acceptors (Lipinski definition) is 5. The van der Waals surface area contributed by atoms with Crippen LogP contribution in [0.2, 0.25) is 0 Å². The van der Waals surface area contributed by atoms with E-state index in [1.807, 2.05) is 12.1 Å². The van der Waals surface area contributed by atoms with Gasteiger partial charge in [0.15, 0.2) is 11.5 Å². The van der Waals surface area contributed by atoms with E-state index in [1.54, 1.807) is 0 Å². The van der Waals surface area contributed by atoms with Gasteiger partial charge < -0.3 is 41.3 Å². The summed E-state index contributed by atoms with van der Waals surface area (Å²) in [5.41, 5.74) is 23.9. The number of rotatable bonds is 2. The number of nitrogens with zero attached hydrogens (tertiary/aromatic N) is 4. The van der Waals surface area contributed by atoms with Crippen molar-refractivity contribution in [2.75, 3.05) is 0 Å². The second kappa shape index (κ2) is 12.5. The molecule has 2 spiro atoms. The smallest absolute Gasteiger partial charge is 0.588 e. The van der Waals surface area contributed by atoms with Crippen LogP contribution in [0.25, 0.3) is 33.7 Å². The zero-order valence-corrected chi connectivity index (χ0v) is 40.0. The second-order valence-electron chi connectivity index (χ2n) is 21.0. The molecule has 6 aromatic carbocycles. The summed E-state index contributed by atoms with van der Waals surface area (Å²) in [6.07, 6.45) is 9.24. The highest BCUT2D eigenvalue weighted by Crippen LogP contribution is 2.59. The molecule has 9 aliphatic rings. The van der Waals surface area contributed by atoms with E-state index in [0.717, 1.165) is 77.7 Å². The lowest BCUT2D eigenvalue weighted by Crippen LogP contribution is -2.68. The molecule has 0 radical (unpaired) electrons. The van der Waals surface area contributed by atoms with Crippen LogP contribution in [0.3, 0.4) is 0 Å². The number of fused-ring (bicyclic) bond motifs is 4. The third-order valence-electron chi connectivity index (χ3n) is 16.9. The zero-order valence-electron chi connectivity index (χ0n) is 40.0. The quantitative estimate of drug-likeness (QED) is 0.128. The highest BCUT2D eigenvalue weighted by molar-refractivity contribution is 6.75. The van der Waals surface area contributed by atoms with Crippen molar-refractivity contribution in [3.8, 4) is 45.5 Å². The van der Waals surface area contributed by atoms with Crippen LogP contribution in [0.5, 0.6) is 23.0 Å². The minimum atomic E-state index is -2.54. The molecule has 17 rings (SSSR count). The van der Waals surface area contributed by atoms with Crippen molar-refractivity contribution in [2.45, 2.75) is 53.6 Å². The molecule has 340 valence electrons. The Labute approximate surface area is 408 Å². The van der Waals surface area contributed by atoms with E-state index >= 15 is 0 Å². The first-order valence-corrected chi connectivity index (χ1v) is 24.9. The van der Waals surface area contributed by atoms with Crippen molar-refractivity contribution in [1.82, 2.24) is 18.6 Å². The first kappa shape index (κ1) is 38.4. The highest BCUT2D eigenvalue weighted by Gasteiger charge is 2.69. The molecule has 71 heavy (non-hydrogen) atoms. The predicted molar refractivity (Wildman–Crippen MR) is 278 cm³/mol. The fraction of sp³-hybridized carbons (Fsp3) is 0.133. The Morgan fingerprint density at radius 2 is 0.873 bits per heavy atom. The summed E-state index contributed by atoms with van der Waals surface area (Å²) >= 11 is 0. The standard InChI is InChI=1S/C60H44B2N4O5/c1-31-27-33(3)53(34(4)28-31)55-47-23-19-43-39-13-7-11-37-38-12-8-14-40-44-20-24-48-56(54-35(5)29-32(2)30-36(54)6)50-26-22-46-42-16-10-18-52(60(42)71-62(64(44)48,66(46)50)69-58(38)40)67-51-17-9-15-41-45-21-25-49(55)65(45)61(63(43)47,68-57(37)39)70-59(41)51/h7-30,43-44H,1-6H3. The van der Waals surface area contributed by atoms with Gasteiger partial charge in [0.05, 0.1) is 33.6 Å². The Hall–Kier alpha value is -8.43. The average molecular weight is 923 g/mol. The van der Waals surface area contributed by atoms with Crippen molar-refractivity contribution in [3.05, 3.63) is 254 Å². The number of ether oxygens (including phenoxy) is 1. The molecule has 11 heteroatoms. The first-order valence-electron chi connectivity index (χ1n) is 24.9. The van der Waals surface area contributed by atoms with E-state index in [0.29, 0.717) is 23.0 Å². The second-order valence-corrected chi connectivity index (χ2v) is 21.0. The highest BCUT2D eigenvalue weighted by atomic mass is 16.6. The fourth-order valence-corrected chi connectivity index (χ4v) is 14.6. The van der Waals surface area contributed by atoms with Crippen molar-refractivity contribution < 1.29 is 14.0 Å². The van der Waals surface area contributed by atoms with Crippen LogP contribution in [-0.4, -0.2) is 32.2 Å². The number of para-hydroxylation sites is 4. The monoisotopic (exact) mass is 922 g/mol. The number of benzene rings is 6. The fourth-order valence-electron chi connectivity index (χ4n) is 14.6. The molecule has 8 aromatic rings. The molecule has 0 amide bonds. The number of aromatic nitrogens is 2. The lowest BCUT2D eigenvalue weighted by atomic mass is 9.73. The molecule has 4 unspecified atom stereocenters. The number of hydrogen-bond donors (Lipinski definition) is 0.